The maximum absolute atomic E-state index is 10.4. The third-order valence-electron chi connectivity index (χ3n) is 2.59. The maximum Gasteiger partial charge on any atom is 0.303 e. The first-order valence-electron chi connectivity index (χ1n) is 5.49. The molecule has 0 spiro atoms. The molecule has 1 N–H and O–H groups in total. The van der Waals surface area contributed by atoms with Gasteiger partial charge in [0, 0.05) is 19.5 Å². The van der Waals surface area contributed by atoms with E-state index in [0.717, 1.165) is 13.1 Å². The molecule has 0 amide bonds. The fraction of sp³-hybridized carbons (Fsp3) is 0.700. The van der Waals surface area contributed by atoms with Crippen LogP contribution in [0.4, 0.5) is 0 Å². The number of carboxylic acid groups (broad SMARTS) is 1. The average molecular weight is 241 g/mol. The van der Waals surface area contributed by atoms with Crippen molar-refractivity contribution in [2.45, 2.75) is 18.9 Å². The van der Waals surface area contributed by atoms with Gasteiger partial charge in [-0.15, -0.1) is 0 Å². The molecule has 0 aliphatic carbocycles. The fourth-order valence-electron chi connectivity index (χ4n) is 1.65. The summed E-state index contributed by atoms with van der Waals surface area (Å²) in [7, 11) is 2.00. The molecule has 1 unspecified atom stereocenters. The molecule has 2 rings (SSSR count). The van der Waals surface area contributed by atoms with Gasteiger partial charge in [0.05, 0.1) is 13.0 Å². The van der Waals surface area contributed by atoms with Gasteiger partial charge in [0.15, 0.2) is 0 Å². The predicted molar refractivity (Wildman–Crippen MR) is 56.4 cm³/mol. The molecule has 1 aliphatic rings. The zero-order valence-corrected chi connectivity index (χ0v) is 9.63. The minimum Gasteiger partial charge on any atom is -0.481 e. The molecule has 1 aliphatic heterocycles. The van der Waals surface area contributed by atoms with Crippen LogP contribution in [0, 0.1) is 0 Å². The first-order chi connectivity index (χ1) is 8.15. The van der Waals surface area contributed by atoms with Crippen LogP contribution in [-0.2, 0) is 16.0 Å². The Kier molecular flexibility index (Phi) is 3.70. The molecule has 7 heteroatoms. The Morgan fingerprint density at radius 2 is 2.47 bits per heavy atom. The number of hydrogen-bond donors (Lipinski definition) is 1. The van der Waals surface area contributed by atoms with Crippen LogP contribution in [0.15, 0.2) is 4.52 Å². The van der Waals surface area contributed by atoms with E-state index in [0.29, 0.717) is 18.3 Å². The first-order valence-corrected chi connectivity index (χ1v) is 5.49. The summed E-state index contributed by atoms with van der Waals surface area (Å²) in [6.07, 6.45) is 0.0638. The minimum absolute atomic E-state index is 0.00688. The molecule has 1 aromatic rings. The van der Waals surface area contributed by atoms with Crippen LogP contribution in [0.5, 0.6) is 0 Å². The van der Waals surface area contributed by atoms with Crippen LogP contribution in [0.3, 0.4) is 0 Å². The lowest BCUT2D eigenvalue weighted by Crippen LogP contribution is -2.35. The van der Waals surface area contributed by atoms with Crippen molar-refractivity contribution in [3.8, 4) is 0 Å². The molecule has 0 saturated carbocycles. The van der Waals surface area contributed by atoms with Gasteiger partial charge in [-0.05, 0) is 7.05 Å². The lowest BCUT2D eigenvalue weighted by molar-refractivity contribution is -0.137. The van der Waals surface area contributed by atoms with Crippen molar-refractivity contribution in [1.82, 2.24) is 15.0 Å². The largest absolute Gasteiger partial charge is 0.481 e. The van der Waals surface area contributed by atoms with Crippen LogP contribution in [0.25, 0.3) is 0 Å². The molecular weight excluding hydrogens is 226 g/mol. The van der Waals surface area contributed by atoms with E-state index >= 15 is 0 Å². The molecule has 1 saturated heterocycles. The number of nitrogens with zero attached hydrogens (tertiary/aromatic N) is 3. The lowest BCUT2D eigenvalue weighted by atomic mass is 10.2. The van der Waals surface area contributed by atoms with E-state index in [1.165, 1.54) is 0 Å². The standard InChI is InChI=1S/C10H15N3O4/c1-13-4-5-16-7(6-13)10-11-8(17-12-10)2-3-9(14)15/h7H,2-6H2,1H3,(H,14,15). The molecular formula is C10H15N3O4. The highest BCUT2D eigenvalue weighted by atomic mass is 16.5. The number of morpholine rings is 1. The molecule has 7 nitrogen and oxygen atoms in total. The molecule has 2 heterocycles. The summed E-state index contributed by atoms with van der Waals surface area (Å²) in [5.74, 6) is -0.0328. The second-order valence-electron chi connectivity index (χ2n) is 4.06. The highest BCUT2D eigenvalue weighted by Gasteiger charge is 2.24. The van der Waals surface area contributed by atoms with Gasteiger partial charge >= 0.3 is 5.97 Å². The molecule has 1 atom stereocenters. The molecule has 94 valence electrons. The van der Waals surface area contributed by atoms with Crippen LogP contribution < -0.4 is 0 Å². The summed E-state index contributed by atoms with van der Waals surface area (Å²) in [4.78, 5) is 16.7. The SMILES string of the molecule is CN1CCOC(c2noc(CCC(=O)O)n2)C1. The van der Waals surface area contributed by atoms with Gasteiger partial charge in [-0.25, -0.2) is 0 Å². The van der Waals surface area contributed by atoms with E-state index < -0.39 is 5.97 Å². The summed E-state index contributed by atoms with van der Waals surface area (Å²) in [5, 5.41) is 12.4. The smallest absolute Gasteiger partial charge is 0.303 e. The van der Waals surface area contributed by atoms with Crippen molar-refractivity contribution in [3.63, 3.8) is 0 Å². The van der Waals surface area contributed by atoms with Gasteiger partial charge < -0.3 is 19.3 Å². The number of aryl methyl sites for hydroxylation is 1. The second-order valence-corrected chi connectivity index (χ2v) is 4.06. The summed E-state index contributed by atoms with van der Waals surface area (Å²) >= 11 is 0. The van der Waals surface area contributed by atoms with Crippen molar-refractivity contribution in [2.24, 2.45) is 0 Å². The quantitative estimate of drug-likeness (QED) is 0.799. The van der Waals surface area contributed by atoms with E-state index in [9.17, 15) is 4.79 Å². The van der Waals surface area contributed by atoms with Gasteiger partial charge in [-0.3, -0.25) is 4.79 Å². The molecule has 0 bridgehead atoms. The van der Waals surface area contributed by atoms with Gasteiger partial charge in [0.2, 0.25) is 11.7 Å². The third-order valence-corrected chi connectivity index (χ3v) is 2.59. The zero-order chi connectivity index (χ0) is 12.3. The summed E-state index contributed by atoms with van der Waals surface area (Å²) in [6.45, 7) is 2.25. The van der Waals surface area contributed by atoms with E-state index in [1.54, 1.807) is 0 Å². The Labute approximate surface area is 98.4 Å². The van der Waals surface area contributed by atoms with E-state index in [1.807, 2.05) is 7.05 Å². The predicted octanol–water partition coefficient (Wildman–Crippen LogP) is 0.0899. The normalized spacial score (nSPS) is 21.6. The van der Waals surface area contributed by atoms with Crippen molar-refractivity contribution < 1.29 is 19.2 Å². The van der Waals surface area contributed by atoms with Gasteiger partial charge in [0.25, 0.3) is 0 Å². The second kappa shape index (κ2) is 5.24. The summed E-state index contributed by atoms with van der Waals surface area (Å²) in [6, 6.07) is 0. The Hall–Kier alpha value is -1.47. The Morgan fingerprint density at radius 1 is 1.65 bits per heavy atom. The number of aromatic nitrogens is 2. The molecule has 1 aromatic heterocycles. The number of carboxylic acids is 1. The Bertz CT molecular complexity index is 393. The zero-order valence-electron chi connectivity index (χ0n) is 9.63. The third kappa shape index (κ3) is 3.24. The van der Waals surface area contributed by atoms with Crippen molar-refractivity contribution in [3.05, 3.63) is 11.7 Å². The Balaban J connectivity index is 1.95. The van der Waals surface area contributed by atoms with Crippen LogP contribution in [0.1, 0.15) is 24.2 Å². The number of hydrogen-bond acceptors (Lipinski definition) is 6. The molecule has 0 radical (unpaired) electrons. The summed E-state index contributed by atoms with van der Waals surface area (Å²) < 4.78 is 10.5. The lowest BCUT2D eigenvalue weighted by Gasteiger charge is -2.27. The Morgan fingerprint density at radius 3 is 3.18 bits per heavy atom. The molecule has 17 heavy (non-hydrogen) atoms. The molecule has 1 fully saturated rings. The van der Waals surface area contributed by atoms with E-state index in [2.05, 4.69) is 15.0 Å². The van der Waals surface area contributed by atoms with Crippen LogP contribution >= 0.6 is 0 Å². The number of rotatable bonds is 4. The first kappa shape index (κ1) is 12.0. The van der Waals surface area contributed by atoms with E-state index in [-0.39, 0.29) is 18.9 Å². The number of aliphatic carboxylic acids is 1. The fourth-order valence-corrected chi connectivity index (χ4v) is 1.65. The van der Waals surface area contributed by atoms with Gasteiger partial charge in [-0.2, -0.15) is 4.98 Å². The number of carbonyl (C=O) groups is 1. The highest BCUT2D eigenvalue weighted by molar-refractivity contribution is 5.66. The maximum atomic E-state index is 10.4. The molecule has 0 aromatic carbocycles. The van der Waals surface area contributed by atoms with E-state index in [4.69, 9.17) is 14.4 Å². The number of ether oxygens (including phenoxy) is 1. The summed E-state index contributed by atoms with van der Waals surface area (Å²) in [5.41, 5.74) is 0. The highest BCUT2D eigenvalue weighted by Crippen LogP contribution is 2.18. The number of likely N-dealkylation sites (N-methyl/N-ethyl adjacent to an activating group) is 1. The van der Waals surface area contributed by atoms with Crippen LogP contribution in [0.2, 0.25) is 0 Å². The van der Waals surface area contributed by atoms with Gasteiger partial charge in [-0.1, -0.05) is 5.16 Å². The van der Waals surface area contributed by atoms with Crippen molar-refractivity contribution in [2.75, 3.05) is 26.7 Å². The van der Waals surface area contributed by atoms with Crippen molar-refractivity contribution >= 4 is 5.97 Å². The average Bonchev–Trinajstić information content (AvgIpc) is 2.75. The topological polar surface area (TPSA) is 88.7 Å². The van der Waals surface area contributed by atoms with Gasteiger partial charge in [0.1, 0.15) is 6.10 Å². The monoisotopic (exact) mass is 241 g/mol. The van der Waals surface area contributed by atoms with Crippen molar-refractivity contribution in [1.29, 1.82) is 0 Å². The minimum atomic E-state index is -0.876. The van der Waals surface area contributed by atoms with Crippen LogP contribution in [-0.4, -0.2) is 52.9 Å².